The minimum absolute atomic E-state index is 0.981. The number of rotatable bonds is 32. The maximum absolute atomic E-state index is 12.3. The monoisotopic (exact) mass is 839 g/mol. The van der Waals surface area contributed by atoms with Gasteiger partial charge in [-0.1, -0.05) is 113 Å². The van der Waals surface area contributed by atoms with Gasteiger partial charge < -0.3 is 5.53 Å². The normalized spacial score (nSPS) is 12.8. The molecule has 0 saturated heterocycles. The van der Waals surface area contributed by atoms with E-state index in [1.807, 2.05) is 14.4 Å². The van der Waals surface area contributed by atoms with Gasteiger partial charge in [0.05, 0.1) is 0 Å². The van der Waals surface area contributed by atoms with E-state index in [2.05, 4.69) is 92.7 Å². The Morgan fingerprint density at radius 2 is 0.741 bits per heavy atom. The van der Waals surface area contributed by atoms with Crippen molar-refractivity contribution in [1.82, 2.24) is 0 Å². The number of hydrogen-bond donors (Lipinski definition) is 0. The summed E-state index contributed by atoms with van der Waals surface area (Å²) >= 11 is 1.94. The molecule has 2 aromatic carbocycles. The summed E-state index contributed by atoms with van der Waals surface area (Å²) in [5.74, 6) is 0. The van der Waals surface area contributed by atoms with Crippen molar-refractivity contribution < 1.29 is 19.1 Å². The Bertz CT molecular complexity index is 1410. The van der Waals surface area contributed by atoms with Crippen LogP contribution in [-0.2, 0) is 53.0 Å². The first kappa shape index (κ1) is 52.2. The molecule has 2 nitrogen and oxygen atoms in total. The van der Waals surface area contributed by atoms with Crippen molar-refractivity contribution in [2.45, 2.75) is 253 Å². The van der Waals surface area contributed by atoms with E-state index >= 15 is 0 Å². The first-order valence-corrected chi connectivity index (χ1v) is 26.5. The van der Waals surface area contributed by atoms with Crippen LogP contribution in [0.5, 0.6) is 0 Å². The SMILES string of the molecule is CCCCCc1cc(C2=CC(CCCC)=C(c3cc(CCCC)c(CCCC)c(CCCC)c3)[N+]2=[N-])cc(CCCCC)c1CCCCC.CCC[CH2][Ni][CH2]CCC. The molecule has 1 aliphatic heterocycles. The van der Waals surface area contributed by atoms with Gasteiger partial charge >= 0.3 is 64.8 Å². The molecule has 0 fully saturated rings. The number of nitrogens with zero attached hydrogens (tertiary/aromatic N) is 2. The molecule has 0 spiro atoms. The van der Waals surface area contributed by atoms with Crippen molar-refractivity contribution in [3.63, 3.8) is 0 Å². The van der Waals surface area contributed by atoms with Gasteiger partial charge in [-0.05, 0) is 148 Å². The summed E-state index contributed by atoms with van der Waals surface area (Å²) in [6, 6.07) is 9.90. The number of unbranched alkanes of at least 4 members (excludes halogenated alkanes) is 12. The van der Waals surface area contributed by atoms with Crippen LogP contribution in [0.1, 0.15) is 248 Å². The zero-order valence-corrected chi connectivity index (χ0v) is 40.8. The summed E-state index contributed by atoms with van der Waals surface area (Å²) in [4.78, 5) is 0. The molecular weight excluding hydrogens is 747 g/mol. The molecule has 2 aromatic rings. The third-order valence-electron chi connectivity index (χ3n) is 12.0. The fourth-order valence-electron chi connectivity index (χ4n) is 8.27. The number of hydrogen-bond acceptors (Lipinski definition) is 0. The Labute approximate surface area is 367 Å². The molecule has 1 aliphatic rings. The predicted molar refractivity (Wildman–Crippen MR) is 256 cm³/mol. The summed E-state index contributed by atoms with van der Waals surface area (Å²) < 4.78 is 1.61. The van der Waals surface area contributed by atoms with Gasteiger partial charge in [0.2, 0.25) is 11.4 Å². The molecule has 0 radical (unpaired) electrons. The third kappa shape index (κ3) is 18.3. The first-order valence-electron chi connectivity index (χ1n) is 25.1. The summed E-state index contributed by atoms with van der Waals surface area (Å²) in [5, 5.41) is 2.78. The molecule has 3 heteroatoms. The second-order valence-electron chi connectivity index (χ2n) is 17.2. The molecule has 0 N–H and O–H groups in total. The van der Waals surface area contributed by atoms with Gasteiger partial charge in [0.1, 0.15) is 0 Å². The molecule has 3 rings (SSSR count). The van der Waals surface area contributed by atoms with Crippen molar-refractivity contribution >= 4 is 11.4 Å². The van der Waals surface area contributed by atoms with E-state index in [-0.39, 0.29) is 0 Å². The van der Waals surface area contributed by atoms with Crippen molar-refractivity contribution in [1.29, 1.82) is 0 Å². The quantitative estimate of drug-likeness (QED) is 0.0398. The molecule has 0 saturated carbocycles. The first-order chi connectivity index (χ1) is 28.4. The van der Waals surface area contributed by atoms with Gasteiger partial charge in [-0.15, -0.1) is 0 Å². The molecule has 0 aromatic heterocycles. The van der Waals surface area contributed by atoms with E-state index in [4.69, 9.17) is 0 Å². The van der Waals surface area contributed by atoms with Crippen LogP contribution in [0.2, 0.25) is 10.8 Å². The second kappa shape index (κ2) is 32.7. The summed E-state index contributed by atoms with van der Waals surface area (Å²) in [6.07, 6.45) is 36.8. The second-order valence-corrected chi connectivity index (χ2v) is 18.7. The standard InChI is InChI=1S/C47H74N2.2C4H9.Ni/c1-8-15-22-28-39-32-42(33-40(29-23-16-9-2)45(39)31-24-17-10-3)46-36-41(27-20-13-6)47(49(46)48)43-34-37(25-18-11-4)44(30-21-14-7)38(35-43)26-19-12-5;2*1-3-4-2;/h32-36H,8-31H2,1-7H3;2*1,3-4H2,2H3;. The average Bonchev–Trinajstić information content (AvgIpc) is 3.56. The Morgan fingerprint density at radius 3 is 1.17 bits per heavy atom. The third-order valence-corrected chi connectivity index (χ3v) is 13.4. The van der Waals surface area contributed by atoms with Crippen molar-refractivity contribution in [2.75, 3.05) is 0 Å². The molecule has 0 aliphatic carbocycles. The summed E-state index contributed by atoms with van der Waals surface area (Å²) in [7, 11) is 0. The molecule has 0 bridgehead atoms. The molecule has 332 valence electrons. The van der Waals surface area contributed by atoms with Crippen LogP contribution in [0.4, 0.5) is 0 Å². The number of benzene rings is 2. The van der Waals surface area contributed by atoms with Gasteiger partial charge in [0.15, 0.2) is 0 Å². The zero-order valence-electron chi connectivity index (χ0n) is 39.8. The fourth-order valence-corrected chi connectivity index (χ4v) is 9.71. The molecule has 1 heterocycles. The van der Waals surface area contributed by atoms with Crippen LogP contribution in [0.25, 0.3) is 16.9 Å². The van der Waals surface area contributed by atoms with Crippen LogP contribution in [0.15, 0.2) is 35.9 Å². The Morgan fingerprint density at radius 1 is 0.397 bits per heavy atom. The number of aryl methyl sites for hydroxylation is 4. The van der Waals surface area contributed by atoms with Crippen molar-refractivity contribution in [3.05, 3.63) is 86.0 Å². The molecule has 0 amide bonds. The van der Waals surface area contributed by atoms with E-state index < -0.39 is 0 Å². The van der Waals surface area contributed by atoms with E-state index in [9.17, 15) is 5.53 Å². The zero-order chi connectivity index (χ0) is 42.4. The molecule has 0 atom stereocenters. The molecule has 58 heavy (non-hydrogen) atoms. The van der Waals surface area contributed by atoms with Crippen molar-refractivity contribution in [3.8, 4) is 0 Å². The van der Waals surface area contributed by atoms with Gasteiger partial charge in [-0.3, -0.25) is 0 Å². The Balaban J connectivity index is 0.00000115. The maximum atomic E-state index is 12.3. The van der Waals surface area contributed by atoms with E-state index in [1.54, 1.807) is 15.8 Å². The predicted octanol–water partition coefficient (Wildman–Crippen LogP) is 18.4. The van der Waals surface area contributed by atoms with Crippen LogP contribution < -0.4 is 0 Å². The van der Waals surface area contributed by atoms with Gasteiger partial charge in [0.25, 0.3) is 0 Å². The summed E-state index contributed by atoms with van der Waals surface area (Å²) in [6.45, 7) is 20.7. The Kier molecular flexibility index (Phi) is 29.4. The molecular formula is C55H92N2Ni. The van der Waals surface area contributed by atoms with E-state index in [1.165, 1.54) is 185 Å². The minimum atomic E-state index is 0.981. The van der Waals surface area contributed by atoms with Gasteiger partial charge in [-0.2, -0.15) is 0 Å². The average molecular weight is 840 g/mol. The van der Waals surface area contributed by atoms with Crippen LogP contribution in [0.3, 0.4) is 0 Å². The van der Waals surface area contributed by atoms with Crippen LogP contribution in [-0.4, -0.2) is 4.70 Å². The fraction of sp³-hybridized carbons (Fsp3) is 0.709. The van der Waals surface area contributed by atoms with E-state index in [0.29, 0.717) is 0 Å². The van der Waals surface area contributed by atoms with Gasteiger partial charge in [0, 0.05) is 22.8 Å². The van der Waals surface area contributed by atoms with Gasteiger partial charge in [-0.25, -0.2) is 4.70 Å². The van der Waals surface area contributed by atoms with E-state index in [0.717, 1.165) is 56.3 Å². The molecule has 0 unspecified atom stereocenters. The van der Waals surface area contributed by atoms with Crippen LogP contribution in [0, 0.1) is 0 Å². The summed E-state index contributed by atoms with van der Waals surface area (Å²) in [5.41, 5.74) is 27.4. The van der Waals surface area contributed by atoms with Crippen LogP contribution >= 0.6 is 0 Å². The van der Waals surface area contributed by atoms with Crippen molar-refractivity contribution in [2.24, 2.45) is 0 Å². The topological polar surface area (TPSA) is 25.3 Å². The Hall–Kier alpha value is -1.99. The number of allylic oxidation sites excluding steroid dienone is 2.